The Morgan fingerprint density at radius 1 is 0.493 bits per heavy atom. The number of allylic oxidation sites excluding steroid dienone is 11. The highest BCUT2D eigenvalue weighted by molar-refractivity contribution is 7.45. The van der Waals surface area contributed by atoms with Crippen LogP contribution in [0.2, 0.25) is 0 Å². The van der Waals surface area contributed by atoms with E-state index in [2.05, 4.69) is 86.8 Å². The minimum absolute atomic E-state index is 0.0352. The Labute approximate surface area is 438 Å². The van der Waals surface area contributed by atoms with Gasteiger partial charge in [0.1, 0.15) is 19.3 Å². The first kappa shape index (κ1) is 68.5. The summed E-state index contributed by atoms with van der Waals surface area (Å²) in [5.41, 5.74) is 0. The molecule has 3 unspecified atom stereocenters. The molecule has 412 valence electrons. The van der Waals surface area contributed by atoms with Crippen LogP contribution in [0.25, 0.3) is 0 Å². The lowest BCUT2D eigenvalue weighted by Gasteiger charge is -2.30. The van der Waals surface area contributed by atoms with Gasteiger partial charge < -0.3 is 28.5 Å². The van der Waals surface area contributed by atoms with E-state index in [0.717, 1.165) is 77.0 Å². The number of hydrogen-bond donors (Lipinski definition) is 1. The number of carbonyl (C=O) groups is 2. The molecule has 0 aromatic carbocycles. The van der Waals surface area contributed by atoms with E-state index in [9.17, 15) is 19.0 Å². The van der Waals surface area contributed by atoms with Gasteiger partial charge in [-0.1, -0.05) is 216 Å². The van der Waals surface area contributed by atoms with Crippen molar-refractivity contribution in [3.8, 4) is 0 Å². The van der Waals surface area contributed by atoms with Crippen LogP contribution in [-0.2, 0) is 27.9 Å². The molecule has 0 heterocycles. The van der Waals surface area contributed by atoms with Crippen molar-refractivity contribution in [3.05, 3.63) is 72.9 Å². The van der Waals surface area contributed by atoms with E-state index in [4.69, 9.17) is 13.8 Å². The molecular formula is C61H111N2O7P. The van der Waals surface area contributed by atoms with Crippen LogP contribution in [0.4, 0.5) is 0 Å². The summed E-state index contributed by atoms with van der Waals surface area (Å²) in [5.74, 6) is -0.613. The van der Waals surface area contributed by atoms with Crippen molar-refractivity contribution in [2.24, 2.45) is 0 Å². The third-order valence-electron chi connectivity index (χ3n) is 12.6. The Balaban J connectivity index is 5.39. The summed E-state index contributed by atoms with van der Waals surface area (Å²) in [5, 5.41) is 2.98. The highest BCUT2D eigenvalue weighted by Gasteiger charge is 2.27. The number of unbranched alkanes of at least 4 members (excludes halogenated alkanes) is 26. The Bertz CT molecular complexity index is 1450. The first-order valence-electron chi connectivity index (χ1n) is 29.2. The molecule has 0 aliphatic heterocycles. The van der Waals surface area contributed by atoms with Crippen LogP contribution in [0.5, 0.6) is 0 Å². The molecule has 0 saturated carbocycles. The average Bonchev–Trinajstić information content (AvgIpc) is 3.33. The molecule has 0 rings (SSSR count). The highest BCUT2D eigenvalue weighted by atomic mass is 31.2. The van der Waals surface area contributed by atoms with Crippen molar-refractivity contribution in [2.45, 2.75) is 264 Å². The standard InChI is InChI=1S/C61H111N2O7P/c1-7-10-13-16-19-22-25-27-29-31-33-35-38-41-44-47-50-53-60(64)62-58(57-69-71(66,67)68-56-55-63(4,5)6)59(52-49-46-43-40-37-24-21-18-15-12-9-3)70-61(65)54-51-48-45-42-39-36-34-32-30-28-26-23-20-17-14-11-8-2/h19,22,27-30,33,35,41,44,49,52,58-59H,7-18,20-21,23-26,31-32,34,36-40,42-43,45-48,50-51,53-57H2,1-6H3,(H-,62,64,66,67)/b22-19-,29-27-,30-28+,35-33-,44-41-,52-49+. The maximum absolute atomic E-state index is 13.5. The van der Waals surface area contributed by atoms with Gasteiger partial charge in [-0.2, -0.15) is 0 Å². The zero-order valence-corrected chi connectivity index (χ0v) is 47.8. The van der Waals surface area contributed by atoms with Crippen LogP contribution in [0.1, 0.15) is 252 Å². The molecule has 0 saturated heterocycles. The molecular weight excluding hydrogens is 904 g/mol. The quantitative estimate of drug-likeness (QED) is 0.0212. The lowest BCUT2D eigenvalue weighted by molar-refractivity contribution is -0.870. The van der Waals surface area contributed by atoms with Crippen molar-refractivity contribution in [1.82, 2.24) is 5.32 Å². The molecule has 0 spiro atoms. The first-order valence-corrected chi connectivity index (χ1v) is 30.7. The van der Waals surface area contributed by atoms with Crippen LogP contribution in [0.3, 0.4) is 0 Å². The number of quaternary nitrogens is 1. The fraction of sp³-hybridized carbons (Fsp3) is 0.770. The van der Waals surface area contributed by atoms with Gasteiger partial charge in [-0.15, -0.1) is 0 Å². The summed E-state index contributed by atoms with van der Waals surface area (Å²) < 4.78 is 30.2. The van der Waals surface area contributed by atoms with Crippen LogP contribution in [-0.4, -0.2) is 69.4 Å². The molecule has 71 heavy (non-hydrogen) atoms. The van der Waals surface area contributed by atoms with Crippen molar-refractivity contribution < 1.29 is 37.3 Å². The summed E-state index contributed by atoms with van der Waals surface area (Å²) in [7, 11) is 1.14. The maximum atomic E-state index is 13.5. The van der Waals surface area contributed by atoms with Crippen molar-refractivity contribution in [2.75, 3.05) is 40.9 Å². The molecule has 0 aliphatic carbocycles. The van der Waals surface area contributed by atoms with Crippen molar-refractivity contribution in [3.63, 3.8) is 0 Å². The molecule has 0 fully saturated rings. The predicted octanol–water partition coefficient (Wildman–Crippen LogP) is 17.0. The summed E-state index contributed by atoms with van der Waals surface area (Å²) in [4.78, 5) is 39.8. The Morgan fingerprint density at radius 3 is 1.35 bits per heavy atom. The Morgan fingerprint density at radius 2 is 0.873 bits per heavy atom. The van der Waals surface area contributed by atoms with E-state index in [-0.39, 0.29) is 31.3 Å². The number of phosphoric acid groups is 1. The number of nitrogens with zero attached hydrogens (tertiary/aromatic N) is 1. The number of phosphoric ester groups is 1. The third kappa shape index (κ3) is 52.1. The third-order valence-corrected chi connectivity index (χ3v) is 13.6. The normalized spacial score (nSPS) is 14.3. The number of amides is 1. The summed E-state index contributed by atoms with van der Waals surface area (Å²) >= 11 is 0. The number of hydrogen-bond acceptors (Lipinski definition) is 7. The number of likely N-dealkylation sites (N-methyl/N-ethyl adjacent to an activating group) is 1. The zero-order chi connectivity index (χ0) is 52.2. The summed E-state index contributed by atoms with van der Waals surface area (Å²) in [6, 6.07) is -0.919. The van der Waals surface area contributed by atoms with E-state index in [0.29, 0.717) is 17.4 Å². The smallest absolute Gasteiger partial charge is 0.306 e. The molecule has 0 aliphatic rings. The minimum atomic E-state index is -4.71. The number of nitrogens with one attached hydrogen (secondary N) is 1. The van der Waals surface area contributed by atoms with Gasteiger partial charge in [0.25, 0.3) is 7.82 Å². The summed E-state index contributed by atoms with van der Waals surface area (Å²) in [6.07, 6.45) is 64.5. The minimum Gasteiger partial charge on any atom is -0.756 e. The van der Waals surface area contributed by atoms with E-state index in [1.165, 1.54) is 135 Å². The lowest BCUT2D eigenvalue weighted by Crippen LogP contribution is -2.47. The van der Waals surface area contributed by atoms with Crippen LogP contribution < -0.4 is 10.2 Å². The topological polar surface area (TPSA) is 114 Å². The SMILES string of the molecule is CCCCC/C=C\C/C=C\C/C=C\C/C=C\CCCC(=O)NC(COP(=O)([O-])OCC[N+](C)(C)C)C(/C=C/CCCCCCCCCCC)OC(=O)CCCCCCCCC/C=C/CCCCCCCC. The Hall–Kier alpha value is -2.55. The number of rotatable bonds is 52. The molecule has 1 amide bonds. The molecule has 3 atom stereocenters. The molecule has 0 aromatic heterocycles. The van der Waals surface area contributed by atoms with Crippen LogP contribution in [0, 0.1) is 0 Å². The van der Waals surface area contributed by atoms with Gasteiger partial charge in [-0.05, 0) is 96.0 Å². The van der Waals surface area contributed by atoms with Crippen LogP contribution >= 0.6 is 7.82 Å². The zero-order valence-electron chi connectivity index (χ0n) is 46.9. The second-order valence-electron chi connectivity index (χ2n) is 20.8. The second kappa shape index (κ2) is 51.0. The van der Waals surface area contributed by atoms with Gasteiger partial charge >= 0.3 is 5.97 Å². The molecule has 0 bridgehead atoms. The van der Waals surface area contributed by atoms with Gasteiger partial charge in [0.05, 0.1) is 33.8 Å². The van der Waals surface area contributed by atoms with E-state index in [1.54, 1.807) is 0 Å². The maximum Gasteiger partial charge on any atom is 0.306 e. The average molecular weight is 1020 g/mol. The first-order chi connectivity index (χ1) is 34.4. The molecule has 1 N–H and O–H groups in total. The number of carbonyl (C=O) groups excluding carboxylic acids is 2. The van der Waals surface area contributed by atoms with Gasteiger partial charge in [0.2, 0.25) is 5.91 Å². The van der Waals surface area contributed by atoms with Gasteiger partial charge in [-0.25, -0.2) is 0 Å². The number of esters is 1. The predicted molar refractivity (Wildman–Crippen MR) is 302 cm³/mol. The van der Waals surface area contributed by atoms with Crippen LogP contribution in [0.15, 0.2) is 72.9 Å². The second-order valence-corrected chi connectivity index (χ2v) is 22.2. The fourth-order valence-corrected chi connectivity index (χ4v) is 8.76. The highest BCUT2D eigenvalue weighted by Crippen LogP contribution is 2.38. The molecule has 9 nitrogen and oxygen atoms in total. The Kier molecular flexibility index (Phi) is 49.1. The van der Waals surface area contributed by atoms with Crippen molar-refractivity contribution in [1.29, 1.82) is 0 Å². The van der Waals surface area contributed by atoms with E-state index < -0.39 is 26.6 Å². The summed E-state index contributed by atoms with van der Waals surface area (Å²) in [6.45, 7) is 6.75. The molecule has 10 heteroatoms. The lowest BCUT2D eigenvalue weighted by atomic mass is 10.1. The fourth-order valence-electron chi connectivity index (χ4n) is 8.04. The van der Waals surface area contributed by atoms with Gasteiger partial charge in [-0.3, -0.25) is 14.2 Å². The van der Waals surface area contributed by atoms with E-state index >= 15 is 0 Å². The largest absolute Gasteiger partial charge is 0.756 e. The molecule has 0 aromatic rings. The molecule has 0 radical (unpaired) electrons. The van der Waals surface area contributed by atoms with Crippen molar-refractivity contribution >= 4 is 19.7 Å². The number of ether oxygens (including phenoxy) is 1. The van der Waals surface area contributed by atoms with Gasteiger partial charge in [0.15, 0.2) is 0 Å². The van der Waals surface area contributed by atoms with Gasteiger partial charge in [0, 0.05) is 12.8 Å². The monoisotopic (exact) mass is 1010 g/mol. The van der Waals surface area contributed by atoms with E-state index in [1.807, 2.05) is 33.3 Å².